The fraction of sp³-hybridized carbons (Fsp3) is 0.300. The lowest BCUT2D eigenvalue weighted by Crippen LogP contribution is -2.17. The van der Waals surface area contributed by atoms with Gasteiger partial charge in [0.2, 0.25) is 0 Å². The summed E-state index contributed by atoms with van der Waals surface area (Å²) in [5.74, 6) is 1.96. The van der Waals surface area contributed by atoms with E-state index in [2.05, 4.69) is 48.4 Å². The van der Waals surface area contributed by atoms with Gasteiger partial charge in [0, 0.05) is 25.1 Å². The van der Waals surface area contributed by atoms with Crippen LogP contribution in [0.15, 0.2) is 48.5 Å². The second kappa shape index (κ2) is 8.76. The lowest BCUT2D eigenvalue weighted by atomic mass is 10.1. The molecule has 1 heterocycles. The van der Waals surface area contributed by atoms with Crippen LogP contribution in [0.25, 0.3) is 6.08 Å². The Balaban J connectivity index is 0.00000208. The molecule has 1 aliphatic heterocycles. The maximum Gasteiger partial charge on any atom is 0.126 e. The minimum Gasteiger partial charge on any atom is -0.496 e. The van der Waals surface area contributed by atoms with Crippen molar-refractivity contribution < 1.29 is 9.47 Å². The summed E-state index contributed by atoms with van der Waals surface area (Å²) in [4.78, 5) is 2.30. The van der Waals surface area contributed by atoms with Crippen molar-refractivity contribution in [2.75, 3.05) is 27.3 Å². The maximum atomic E-state index is 5.56. The van der Waals surface area contributed by atoms with Crippen molar-refractivity contribution in [1.29, 1.82) is 0 Å². The van der Waals surface area contributed by atoms with Crippen LogP contribution in [0, 0.1) is 0 Å². The van der Waals surface area contributed by atoms with Crippen molar-refractivity contribution >= 4 is 18.5 Å². The SMILES string of the molecule is COc1ccccc1/C=C/CN(C)Cc1ccc2c(c1)CCO2.Cl. The second-order valence-electron chi connectivity index (χ2n) is 5.88. The van der Waals surface area contributed by atoms with Gasteiger partial charge in [-0.15, -0.1) is 12.4 Å². The van der Waals surface area contributed by atoms with Gasteiger partial charge in [0.25, 0.3) is 0 Å². The summed E-state index contributed by atoms with van der Waals surface area (Å²) in [5, 5.41) is 0. The van der Waals surface area contributed by atoms with E-state index in [9.17, 15) is 0 Å². The van der Waals surface area contributed by atoms with Gasteiger partial charge in [-0.1, -0.05) is 42.5 Å². The molecule has 3 rings (SSSR count). The molecule has 0 atom stereocenters. The average Bonchev–Trinajstić information content (AvgIpc) is 3.03. The summed E-state index contributed by atoms with van der Waals surface area (Å²) < 4.78 is 10.9. The quantitative estimate of drug-likeness (QED) is 0.783. The van der Waals surface area contributed by atoms with E-state index in [-0.39, 0.29) is 12.4 Å². The van der Waals surface area contributed by atoms with Crippen molar-refractivity contribution in [3.05, 3.63) is 65.2 Å². The molecule has 2 aromatic carbocycles. The van der Waals surface area contributed by atoms with Crippen molar-refractivity contribution in [3.63, 3.8) is 0 Å². The van der Waals surface area contributed by atoms with Gasteiger partial charge in [-0.25, -0.2) is 0 Å². The maximum absolute atomic E-state index is 5.56. The Morgan fingerprint density at radius 3 is 2.88 bits per heavy atom. The van der Waals surface area contributed by atoms with E-state index < -0.39 is 0 Å². The Labute approximate surface area is 150 Å². The highest BCUT2D eigenvalue weighted by molar-refractivity contribution is 5.85. The van der Waals surface area contributed by atoms with Gasteiger partial charge in [-0.2, -0.15) is 0 Å². The molecule has 0 bridgehead atoms. The lowest BCUT2D eigenvalue weighted by Gasteiger charge is -2.15. The molecule has 0 aliphatic carbocycles. The van der Waals surface area contributed by atoms with E-state index >= 15 is 0 Å². The molecule has 0 amide bonds. The molecule has 0 saturated carbocycles. The Bertz CT molecular complexity index is 700. The molecule has 1 aliphatic rings. The largest absolute Gasteiger partial charge is 0.496 e. The molecule has 128 valence electrons. The zero-order valence-electron chi connectivity index (χ0n) is 14.2. The van der Waals surface area contributed by atoms with Crippen LogP contribution >= 0.6 is 12.4 Å². The Hall–Kier alpha value is -1.97. The zero-order valence-corrected chi connectivity index (χ0v) is 15.0. The van der Waals surface area contributed by atoms with Crippen LogP contribution in [-0.2, 0) is 13.0 Å². The molecule has 0 radical (unpaired) electrons. The molecule has 3 nitrogen and oxygen atoms in total. The number of likely N-dealkylation sites (N-methyl/N-ethyl adjacent to an activating group) is 1. The number of hydrogen-bond donors (Lipinski definition) is 0. The number of fused-ring (bicyclic) bond motifs is 1. The number of nitrogens with zero attached hydrogens (tertiary/aromatic N) is 1. The topological polar surface area (TPSA) is 21.7 Å². The highest BCUT2D eigenvalue weighted by Crippen LogP contribution is 2.26. The van der Waals surface area contributed by atoms with Gasteiger partial charge in [0.1, 0.15) is 11.5 Å². The molecule has 0 unspecified atom stereocenters. The van der Waals surface area contributed by atoms with E-state index in [1.165, 1.54) is 11.1 Å². The Morgan fingerprint density at radius 2 is 2.04 bits per heavy atom. The number of rotatable bonds is 6. The van der Waals surface area contributed by atoms with Crippen LogP contribution < -0.4 is 9.47 Å². The summed E-state index contributed by atoms with van der Waals surface area (Å²) in [6, 6.07) is 14.6. The first-order chi connectivity index (χ1) is 11.3. The summed E-state index contributed by atoms with van der Waals surface area (Å²) in [5.41, 5.74) is 3.78. The monoisotopic (exact) mass is 345 g/mol. The van der Waals surface area contributed by atoms with E-state index in [0.717, 1.165) is 43.2 Å². The van der Waals surface area contributed by atoms with Gasteiger partial charge < -0.3 is 9.47 Å². The highest BCUT2D eigenvalue weighted by Gasteiger charge is 2.12. The minimum atomic E-state index is 0. The van der Waals surface area contributed by atoms with Crippen LogP contribution in [0.2, 0.25) is 0 Å². The van der Waals surface area contributed by atoms with Crippen LogP contribution in [0.5, 0.6) is 11.5 Å². The summed E-state index contributed by atoms with van der Waals surface area (Å²) in [6.45, 7) is 2.64. The Morgan fingerprint density at radius 1 is 1.21 bits per heavy atom. The predicted molar refractivity (Wildman–Crippen MR) is 101 cm³/mol. The summed E-state index contributed by atoms with van der Waals surface area (Å²) in [6.07, 6.45) is 5.32. The molecule has 0 spiro atoms. The summed E-state index contributed by atoms with van der Waals surface area (Å²) in [7, 11) is 3.84. The molecular weight excluding hydrogens is 322 g/mol. The second-order valence-corrected chi connectivity index (χ2v) is 5.88. The third-order valence-corrected chi connectivity index (χ3v) is 4.06. The number of methoxy groups -OCH3 is 1. The fourth-order valence-electron chi connectivity index (χ4n) is 2.88. The molecule has 0 aromatic heterocycles. The number of halogens is 1. The predicted octanol–water partition coefficient (Wildman–Crippen LogP) is 4.20. The first-order valence-electron chi connectivity index (χ1n) is 7.99. The molecule has 0 saturated heterocycles. The smallest absolute Gasteiger partial charge is 0.126 e. The first kappa shape index (κ1) is 18.4. The third kappa shape index (κ3) is 4.53. The molecule has 24 heavy (non-hydrogen) atoms. The average molecular weight is 346 g/mol. The van der Waals surface area contributed by atoms with Crippen LogP contribution in [0.3, 0.4) is 0 Å². The van der Waals surface area contributed by atoms with Crippen molar-refractivity contribution in [2.24, 2.45) is 0 Å². The molecular formula is C20H24ClNO2. The number of benzene rings is 2. The summed E-state index contributed by atoms with van der Waals surface area (Å²) >= 11 is 0. The standard InChI is InChI=1S/C20H23NO2.ClH/c1-21(12-5-7-17-6-3-4-8-19(17)22-2)15-16-9-10-20-18(14-16)11-13-23-20;/h3-10,14H,11-13,15H2,1-2H3;1H/b7-5+;. The van der Waals surface area contributed by atoms with Gasteiger partial charge in [0.15, 0.2) is 0 Å². The lowest BCUT2D eigenvalue weighted by molar-refractivity contribution is 0.356. The third-order valence-electron chi connectivity index (χ3n) is 4.06. The van der Waals surface area contributed by atoms with E-state index in [1.54, 1.807) is 7.11 Å². The van der Waals surface area contributed by atoms with E-state index in [0.29, 0.717) is 0 Å². The Kier molecular flexibility index (Phi) is 6.71. The van der Waals surface area contributed by atoms with Crippen LogP contribution in [0.1, 0.15) is 16.7 Å². The van der Waals surface area contributed by atoms with Gasteiger partial charge >= 0.3 is 0 Å². The fourth-order valence-corrected chi connectivity index (χ4v) is 2.88. The molecule has 0 fully saturated rings. The molecule has 0 N–H and O–H groups in total. The van der Waals surface area contributed by atoms with Gasteiger partial charge in [-0.05, 0) is 30.3 Å². The zero-order chi connectivity index (χ0) is 16.1. The van der Waals surface area contributed by atoms with E-state index in [4.69, 9.17) is 9.47 Å². The van der Waals surface area contributed by atoms with Crippen LogP contribution in [-0.4, -0.2) is 32.2 Å². The minimum absolute atomic E-state index is 0. The van der Waals surface area contributed by atoms with Crippen molar-refractivity contribution in [2.45, 2.75) is 13.0 Å². The van der Waals surface area contributed by atoms with Crippen molar-refractivity contribution in [3.8, 4) is 11.5 Å². The number of ether oxygens (including phenoxy) is 2. The first-order valence-corrected chi connectivity index (χ1v) is 7.99. The number of hydrogen-bond acceptors (Lipinski definition) is 3. The number of para-hydroxylation sites is 1. The molecule has 2 aromatic rings. The van der Waals surface area contributed by atoms with Gasteiger partial charge in [-0.3, -0.25) is 4.90 Å². The van der Waals surface area contributed by atoms with Gasteiger partial charge in [0.05, 0.1) is 13.7 Å². The van der Waals surface area contributed by atoms with Crippen LogP contribution in [0.4, 0.5) is 0 Å². The van der Waals surface area contributed by atoms with Crippen molar-refractivity contribution in [1.82, 2.24) is 4.90 Å². The molecule has 4 heteroatoms. The highest BCUT2D eigenvalue weighted by atomic mass is 35.5. The van der Waals surface area contributed by atoms with E-state index in [1.807, 2.05) is 18.2 Å². The normalized spacial score (nSPS) is 12.8.